The number of sulfonamides is 1. The van der Waals surface area contributed by atoms with Crippen molar-refractivity contribution < 1.29 is 13.2 Å². The number of piperazine rings is 1. The summed E-state index contributed by atoms with van der Waals surface area (Å²) >= 11 is 1.68. The van der Waals surface area contributed by atoms with E-state index in [1.807, 2.05) is 26.2 Å². The van der Waals surface area contributed by atoms with Crippen LogP contribution in [0, 0.1) is 13.8 Å². The van der Waals surface area contributed by atoms with Crippen LogP contribution in [0.15, 0.2) is 6.07 Å². The van der Waals surface area contributed by atoms with Crippen LogP contribution in [0.5, 0.6) is 0 Å². The van der Waals surface area contributed by atoms with Crippen LogP contribution in [0.25, 0.3) is 0 Å². The smallest absolute Gasteiger partial charge is 0.245 e. The normalized spacial score (nSPS) is 17.2. The van der Waals surface area contributed by atoms with Gasteiger partial charge in [0.25, 0.3) is 0 Å². The van der Waals surface area contributed by atoms with Crippen LogP contribution in [0.2, 0.25) is 0 Å². The minimum Gasteiger partial charge on any atom is -0.342 e. The number of carbonyl (C=O) groups is 1. The van der Waals surface area contributed by atoms with E-state index in [9.17, 15) is 13.2 Å². The van der Waals surface area contributed by atoms with E-state index >= 15 is 0 Å². The first-order valence-electron chi connectivity index (χ1n) is 8.52. The fourth-order valence-corrected chi connectivity index (χ4v) is 4.20. The van der Waals surface area contributed by atoms with Gasteiger partial charge in [-0.2, -0.15) is 16.1 Å². The molecule has 26 heavy (non-hydrogen) atoms. The monoisotopic (exact) mass is 401 g/mol. The summed E-state index contributed by atoms with van der Waals surface area (Å²) in [6, 6.07) is 1.46. The number of hydrogen-bond donors (Lipinski definition) is 1. The lowest BCUT2D eigenvalue weighted by Crippen LogP contribution is -2.53. The molecule has 1 aliphatic rings. The number of anilines is 1. The molecule has 0 bridgehead atoms. The van der Waals surface area contributed by atoms with Crippen LogP contribution in [0.1, 0.15) is 17.8 Å². The fourth-order valence-electron chi connectivity index (χ4n) is 2.90. The molecule has 0 aromatic carbocycles. The van der Waals surface area contributed by atoms with Gasteiger partial charge in [0.15, 0.2) is 0 Å². The van der Waals surface area contributed by atoms with E-state index in [4.69, 9.17) is 0 Å². The third-order valence-corrected chi connectivity index (χ3v) is 6.16. The standard InChI is InChI=1S/C16H27N5O3S2/c1-12-11-13(2)18-16(17-12)19-14(5-10-25-3)15(22)20-6-8-21(9-7-20)26(4,23)24/h11,14H,5-10H2,1-4H3,(H,17,18,19)/t14-/m0/s1. The van der Waals surface area contributed by atoms with Gasteiger partial charge in [0, 0.05) is 37.6 Å². The average Bonchev–Trinajstić information content (AvgIpc) is 2.56. The van der Waals surface area contributed by atoms with E-state index in [0.29, 0.717) is 38.5 Å². The molecular formula is C16H27N5O3S2. The first-order chi connectivity index (χ1) is 12.2. The summed E-state index contributed by atoms with van der Waals surface area (Å²) in [6.45, 7) is 5.25. The summed E-state index contributed by atoms with van der Waals surface area (Å²) in [5, 5.41) is 3.18. The summed E-state index contributed by atoms with van der Waals surface area (Å²) in [5.74, 6) is 1.25. The van der Waals surface area contributed by atoms with Gasteiger partial charge in [-0.15, -0.1) is 0 Å². The van der Waals surface area contributed by atoms with Crippen molar-refractivity contribution in [3.05, 3.63) is 17.5 Å². The third-order valence-electron chi connectivity index (χ3n) is 4.21. The lowest BCUT2D eigenvalue weighted by molar-refractivity contribution is -0.133. The molecule has 8 nitrogen and oxygen atoms in total. The van der Waals surface area contributed by atoms with E-state index < -0.39 is 16.1 Å². The topological polar surface area (TPSA) is 95.5 Å². The van der Waals surface area contributed by atoms with Gasteiger partial charge in [-0.3, -0.25) is 4.79 Å². The Balaban J connectivity index is 2.07. The molecule has 0 aliphatic carbocycles. The first-order valence-corrected chi connectivity index (χ1v) is 11.8. The Morgan fingerprint density at radius 1 is 1.23 bits per heavy atom. The van der Waals surface area contributed by atoms with Crippen molar-refractivity contribution in [2.45, 2.75) is 26.3 Å². The summed E-state index contributed by atoms with van der Waals surface area (Å²) in [4.78, 5) is 23.4. The van der Waals surface area contributed by atoms with Crippen molar-refractivity contribution in [3.63, 3.8) is 0 Å². The molecule has 2 rings (SSSR count). The third kappa shape index (κ3) is 5.82. The second kappa shape index (κ2) is 9.01. The van der Waals surface area contributed by atoms with E-state index in [1.54, 1.807) is 16.7 Å². The maximum absolute atomic E-state index is 13.0. The number of nitrogens with zero attached hydrogens (tertiary/aromatic N) is 4. The van der Waals surface area contributed by atoms with E-state index in [-0.39, 0.29) is 5.91 Å². The zero-order valence-corrected chi connectivity index (χ0v) is 17.4. The molecule has 0 saturated carbocycles. The molecule has 1 N–H and O–H groups in total. The van der Waals surface area contributed by atoms with Gasteiger partial charge in [-0.05, 0) is 38.3 Å². The number of amides is 1. The second-order valence-electron chi connectivity index (χ2n) is 6.44. The van der Waals surface area contributed by atoms with Crippen molar-refractivity contribution in [3.8, 4) is 0 Å². The highest BCUT2D eigenvalue weighted by atomic mass is 32.2. The van der Waals surface area contributed by atoms with Crippen molar-refractivity contribution in [1.82, 2.24) is 19.2 Å². The number of aromatic nitrogens is 2. The zero-order valence-electron chi connectivity index (χ0n) is 15.7. The second-order valence-corrected chi connectivity index (χ2v) is 9.41. The molecule has 0 unspecified atom stereocenters. The average molecular weight is 402 g/mol. The van der Waals surface area contributed by atoms with Crippen LogP contribution in [-0.4, -0.2) is 84.0 Å². The van der Waals surface area contributed by atoms with E-state index in [1.165, 1.54) is 10.6 Å². The number of rotatable bonds is 7. The largest absolute Gasteiger partial charge is 0.342 e. The van der Waals surface area contributed by atoms with Crippen LogP contribution in [0.4, 0.5) is 5.95 Å². The minimum atomic E-state index is -3.21. The molecule has 146 valence electrons. The van der Waals surface area contributed by atoms with Crippen LogP contribution in [0.3, 0.4) is 0 Å². The Kier molecular flexibility index (Phi) is 7.24. The quantitative estimate of drug-likeness (QED) is 0.719. The summed E-state index contributed by atoms with van der Waals surface area (Å²) in [5.41, 5.74) is 1.69. The Labute approximate surface area is 159 Å². The van der Waals surface area contributed by atoms with Crippen molar-refractivity contribution in [2.24, 2.45) is 0 Å². The lowest BCUT2D eigenvalue weighted by Gasteiger charge is -2.35. The molecule has 0 spiro atoms. The van der Waals surface area contributed by atoms with Gasteiger partial charge in [0.2, 0.25) is 21.9 Å². The van der Waals surface area contributed by atoms with Gasteiger partial charge in [-0.25, -0.2) is 18.4 Å². The Morgan fingerprint density at radius 3 is 2.31 bits per heavy atom. The Hall–Kier alpha value is -1.39. The summed E-state index contributed by atoms with van der Waals surface area (Å²) < 4.78 is 24.7. The molecule has 1 aromatic rings. The molecule has 1 amide bonds. The molecule has 2 heterocycles. The van der Waals surface area contributed by atoms with Gasteiger partial charge in [0.05, 0.1) is 6.26 Å². The fraction of sp³-hybridized carbons (Fsp3) is 0.688. The minimum absolute atomic E-state index is 0.0324. The number of aryl methyl sites for hydroxylation is 2. The number of nitrogens with one attached hydrogen (secondary N) is 1. The van der Waals surface area contributed by atoms with Crippen LogP contribution < -0.4 is 5.32 Å². The van der Waals surface area contributed by atoms with Gasteiger partial charge < -0.3 is 10.2 Å². The van der Waals surface area contributed by atoms with Crippen molar-refractivity contribution in [2.75, 3.05) is 49.8 Å². The van der Waals surface area contributed by atoms with Crippen molar-refractivity contribution >= 4 is 33.6 Å². The van der Waals surface area contributed by atoms with Gasteiger partial charge in [-0.1, -0.05) is 0 Å². The summed E-state index contributed by atoms with van der Waals surface area (Å²) in [7, 11) is -3.21. The van der Waals surface area contributed by atoms with E-state index in [0.717, 1.165) is 17.1 Å². The Morgan fingerprint density at radius 2 is 1.81 bits per heavy atom. The highest BCUT2D eigenvalue weighted by Crippen LogP contribution is 2.14. The number of hydrogen-bond acceptors (Lipinski definition) is 7. The maximum Gasteiger partial charge on any atom is 0.245 e. The van der Waals surface area contributed by atoms with Crippen molar-refractivity contribution in [1.29, 1.82) is 0 Å². The predicted octanol–water partition coefficient (Wildman–Crippen LogP) is 0.731. The highest BCUT2D eigenvalue weighted by molar-refractivity contribution is 7.98. The lowest BCUT2D eigenvalue weighted by atomic mass is 10.2. The number of thioether (sulfide) groups is 1. The molecule has 1 atom stereocenters. The molecule has 10 heteroatoms. The molecule has 1 saturated heterocycles. The van der Waals surface area contributed by atoms with Gasteiger partial charge in [0.1, 0.15) is 6.04 Å². The molecule has 0 radical (unpaired) electrons. The van der Waals surface area contributed by atoms with Gasteiger partial charge >= 0.3 is 0 Å². The van der Waals surface area contributed by atoms with Crippen LogP contribution >= 0.6 is 11.8 Å². The summed E-state index contributed by atoms with van der Waals surface area (Å²) in [6.07, 6.45) is 3.85. The molecule has 1 fully saturated rings. The van der Waals surface area contributed by atoms with E-state index in [2.05, 4.69) is 15.3 Å². The molecule has 1 aromatic heterocycles. The highest BCUT2D eigenvalue weighted by Gasteiger charge is 2.30. The maximum atomic E-state index is 13.0. The molecule has 1 aliphatic heterocycles. The predicted molar refractivity (Wildman–Crippen MR) is 105 cm³/mol. The van der Waals surface area contributed by atoms with Crippen LogP contribution in [-0.2, 0) is 14.8 Å². The first kappa shape index (κ1) is 20.9. The Bertz CT molecular complexity index is 713. The molecular weight excluding hydrogens is 374 g/mol. The SMILES string of the molecule is CSCC[C@H](Nc1nc(C)cc(C)n1)C(=O)N1CCN(S(C)(=O)=O)CC1. The zero-order chi connectivity index (χ0) is 19.3. The number of carbonyl (C=O) groups excluding carboxylic acids is 1.